The van der Waals surface area contributed by atoms with Crippen molar-refractivity contribution in [3.63, 3.8) is 0 Å². The Labute approximate surface area is 207 Å². The van der Waals surface area contributed by atoms with Gasteiger partial charge in [-0.15, -0.1) is 5.10 Å². The number of H-pyrrole nitrogens is 1. The lowest BCUT2D eigenvalue weighted by atomic mass is 10.0. The van der Waals surface area contributed by atoms with E-state index in [1.165, 1.54) is 5.56 Å². The number of nitrogens with zero attached hydrogens (tertiary/aromatic N) is 5. The molecule has 0 saturated carbocycles. The van der Waals surface area contributed by atoms with Crippen LogP contribution in [0.3, 0.4) is 0 Å². The van der Waals surface area contributed by atoms with Gasteiger partial charge >= 0.3 is 0 Å². The lowest BCUT2D eigenvalue weighted by molar-refractivity contribution is 0.158. The Balaban J connectivity index is 1.74. The molecule has 7 nitrogen and oxygen atoms in total. The summed E-state index contributed by atoms with van der Waals surface area (Å²) in [6, 6.07) is 18.6. The van der Waals surface area contributed by atoms with Gasteiger partial charge in [0, 0.05) is 18.7 Å². The number of tetrazole rings is 1. The number of rotatable bonds is 9. The second-order valence-electron chi connectivity index (χ2n) is 10.3. The molecular formula is C28H36N6O. The molecule has 7 heteroatoms. The van der Waals surface area contributed by atoms with Gasteiger partial charge in [0.2, 0.25) is 0 Å². The summed E-state index contributed by atoms with van der Waals surface area (Å²) in [5.74, 6) is 0.848. The van der Waals surface area contributed by atoms with Crippen molar-refractivity contribution in [3.05, 3.63) is 87.5 Å². The van der Waals surface area contributed by atoms with E-state index in [2.05, 4.69) is 83.4 Å². The molecule has 0 amide bonds. The van der Waals surface area contributed by atoms with E-state index < -0.39 is 0 Å². The molecule has 0 spiro atoms. The topological polar surface area (TPSA) is 79.7 Å². The van der Waals surface area contributed by atoms with Gasteiger partial charge in [-0.25, -0.2) is 4.68 Å². The smallest absolute Gasteiger partial charge is 0.252 e. The number of aryl methyl sites for hydroxylation is 1. The van der Waals surface area contributed by atoms with E-state index in [0.717, 1.165) is 53.7 Å². The summed E-state index contributed by atoms with van der Waals surface area (Å²) < 4.78 is 1.93. The van der Waals surface area contributed by atoms with Crippen molar-refractivity contribution in [1.82, 2.24) is 30.1 Å². The van der Waals surface area contributed by atoms with E-state index in [-0.39, 0.29) is 17.1 Å². The summed E-state index contributed by atoms with van der Waals surface area (Å²) in [4.78, 5) is 18.7. The maximum absolute atomic E-state index is 13.2. The second-order valence-corrected chi connectivity index (χ2v) is 10.3. The SMILES string of the molecule is CCC[C@H](c1nnnn1C(C)(C)C)N(CCc1ccccc1)Cc1cc2cccc(C)c2[nH]c1=O. The maximum atomic E-state index is 13.2. The molecule has 4 aromatic rings. The van der Waals surface area contributed by atoms with Gasteiger partial charge in [0.25, 0.3) is 5.56 Å². The van der Waals surface area contributed by atoms with E-state index in [1.54, 1.807) is 0 Å². The molecule has 2 aromatic heterocycles. The van der Waals surface area contributed by atoms with Gasteiger partial charge in [0.1, 0.15) is 0 Å². The van der Waals surface area contributed by atoms with Gasteiger partial charge < -0.3 is 4.98 Å². The fourth-order valence-electron chi connectivity index (χ4n) is 4.66. The van der Waals surface area contributed by atoms with Gasteiger partial charge in [0.15, 0.2) is 5.82 Å². The quantitative estimate of drug-likeness (QED) is 0.364. The van der Waals surface area contributed by atoms with Crippen LogP contribution in [0, 0.1) is 6.92 Å². The van der Waals surface area contributed by atoms with Crippen LogP contribution in [0.2, 0.25) is 0 Å². The van der Waals surface area contributed by atoms with E-state index in [0.29, 0.717) is 6.54 Å². The van der Waals surface area contributed by atoms with Crippen molar-refractivity contribution in [2.45, 2.75) is 72.0 Å². The van der Waals surface area contributed by atoms with Gasteiger partial charge in [-0.2, -0.15) is 0 Å². The number of nitrogens with one attached hydrogen (secondary N) is 1. The van der Waals surface area contributed by atoms with Crippen molar-refractivity contribution < 1.29 is 0 Å². The highest BCUT2D eigenvalue weighted by molar-refractivity contribution is 5.81. The monoisotopic (exact) mass is 472 g/mol. The molecule has 0 fully saturated rings. The van der Waals surface area contributed by atoms with Crippen molar-refractivity contribution in [3.8, 4) is 0 Å². The Kier molecular flexibility index (Phi) is 7.45. The molecule has 4 rings (SSSR count). The van der Waals surface area contributed by atoms with Crippen LogP contribution in [0.4, 0.5) is 0 Å². The van der Waals surface area contributed by atoms with Gasteiger partial charge in [-0.3, -0.25) is 9.69 Å². The zero-order valence-electron chi connectivity index (χ0n) is 21.5. The molecule has 35 heavy (non-hydrogen) atoms. The molecular weight excluding hydrogens is 436 g/mol. The van der Waals surface area contributed by atoms with Gasteiger partial charge in [-0.1, -0.05) is 61.9 Å². The summed E-state index contributed by atoms with van der Waals surface area (Å²) >= 11 is 0. The Morgan fingerprint density at radius 1 is 1.09 bits per heavy atom. The predicted octanol–water partition coefficient (Wildman–Crippen LogP) is 5.16. The molecule has 1 N–H and O–H groups in total. The summed E-state index contributed by atoms with van der Waals surface area (Å²) in [6.45, 7) is 11.8. The normalized spacial score (nSPS) is 13.0. The Hall–Kier alpha value is -3.32. The fourth-order valence-corrected chi connectivity index (χ4v) is 4.66. The molecule has 0 aliphatic carbocycles. The lowest BCUT2D eigenvalue weighted by Gasteiger charge is -2.33. The van der Waals surface area contributed by atoms with Crippen LogP contribution in [-0.2, 0) is 18.5 Å². The molecule has 0 radical (unpaired) electrons. The van der Waals surface area contributed by atoms with Crippen LogP contribution in [0.15, 0.2) is 59.4 Å². The van der Waals surface area contributed by atoms with Crippen molar-refractivity contribution in [2.75, 3.05) is 6.54 Å². The molecule has 0 aliphatic heterocycles. The number of fused-ring (bicyclic) bond motifs is 1. The minimum Gasteiger partial charge on any atom is -0.321 e. The number of pyridine rings is 1. The minimum absolute atomic E-state index is 0.00876. The van der Waals surface area contributed by atoms with Gasteiger partial charge in [0.05, 0.1) is 17.1 Å². The van der Waals surface area contributed by atoms with E-state index >= 15 is 0 Å². The molecule has 2 aromatic carbocycles. The van der Waals surface area contributed by atoms with Crippen LogP contribution < -0.4 is 5.56 Å². The first kappa shape index (κ1) is 24.8. The first-order valence-electron chi connectivity index (χ1n) is 12.5. The average molecular weight is 473 g/mol. The highest BCUT2D eigenvalue weighted by Gasteiger charge is 2.30. The maximum Gasteiger partial charge on any atom is 0.252 e. The minimum atomic E-state index is -0.242. The van der Waals surface area contributed by atoms with Crippen molar-refractivity contribution >= 4 is 10.9 Å². The molecule has 2 heterocycles. The van der Waals surface area contributed by atoms with Crippen LogP contribution in [-0.4, -0.2) is 36.6 Å². The number of aromatic nitrogens is 5. The summed E-state index contributed by atoms with van der Waals surface area (Å²) in [6.07, 6.45) is 2.76. The van der Waals surface area contributed by atoms with E-state index in [1.807, 2.05) is 35.9 Å². The fraction of sp³-hybridized carbons (Fsp3) is 0.429. The molecule has 0 bridgehead atoms. The number of hydrogen-bond acceptors (Lipinski definition) is 5. The van der Waals surface area contributed by atoms with Gasteiger partial charge in [-0.05, 0) is 73.5 Å². The number of aromatic amines is 1. The third-order valence-corrected chi connectivity index (χ3v) is 6.50. The first-order valence-corrected chi connectivity index (χ1v) is 12.5. The molecule has 0 saturated heterocycles. The zero-order chi connectivity index (χ0) is 25.0. The Bertz CT molecular complexity index is 1320. The first-order chi connectivity index (χ1) is 16.8. The molecule has 184 valence electrons. The number of hydrogen-bond donors (Lipinski definition) is 1. The third kappa shape index (κ3) is 5.68. The zero-order valence-corrected chi connectivity index (χ0v) is 21.5. The van der Waals surface area contributed by atoms with Crippen molar-refractivity contribution in [1.29, 1.82) is 0 Å². The number of benzene rings is 2. The number of para-hydroxylation sites is 1. The van der Waals surface area contributed by atoms with Crippen LogP contribution in [0.5, 0.6) is 0 Å². The highest BCUT2D eigenvalue weighted by atomic mass is 16.1. The van der Waals surface area contributed by atoms with E-state index in [4.69, 9.17) is 0 Å². The molecule has 0 aliphatic rings. The van der Waals surface area contributed by atoms with Crippen LogP contribution >= 0.6 is 0 Å². The summed E-state index contributed by atoms with van der Waals surface area (Å²) in [5.41, 5.74) is 3.72. The second kappa shape index (κ2) is 10.5. The van der Waals surface area contributed by atoms with Crippen LogP contribution in [0.25, 0.3) is 10.9 Å². The molecule has 0 unspecified atom stereocenters. The lowest BCUT2D eigenvalue weighted by Crippen LogP contribution is -2.36. The Morgan fingerprint density at radius 2 is 1.86 bits per heavy atom. The third-order valence-electron chi connectivity index (χ3n) is 6.50. The average Bonchev–Trinajstić information content (AvgIpc) is 3.32. The van der Waals surface area contributed by atoms with E-state index in [9.17, 15) is 4.79 Å². The highest BCUT2D eigenvalue weighted by Crippen LogP contribution is 2.29. The van der Waals surface area contributed by atoms with Crippen molar-refractivity contribution in [2.24, 2.45) is 0 Å². The summed E-state index contributed by atoms with van der Waals surface area (Å²) in [5, 5.41) is 13.9. The predicted molar refractivity (Wildman–Crippen MR) is 140 cm³/mol. The Morgan fingerprint density at radius 3 is 2.57 bits per heavy atom. The standard InChI is InChI=1S/C28H36N6O/c1-6-11-24(26-30-31-32-34(26)28(3,4)5)33(17-16-21-13-8-7-9-14-21)19-23-18-22-15-10-12-20(2)25(22)29-27(23)35/h7-10,12-15,18,24H,6,11,16-17,19H2,1-5H3,(H,29,35)/t24-/m1/s1. The molecule has 1 atom stereocenters. The van der Waals surface area contributed by atoms with Crippen LogP contribution in [0.1, 0.15) is 69.1 Å². The largest absolute Gasteiger partial charge is 0.321 e. The summed E-state index contributed by atoms with van der Waals surface area (Å²) in [7, 11) is 0.